The van der Waals surface area contributed by atoms with E-state index >= 15 is 0 Å². The number of hydrogen-bond acceptors (Lipinski definition) is 5. The van der Waals surface area contributed by atoms with Crippen molar-refractivity contribution in [3.05, 3.63) is 40.3 Å². The summed E-state index contributed by atoms with van der Waals surface area (Å²) < 4.78 is 5.72. The van der Waals surface area contributed by atoms with Crippen LogP contribution in [-0.4, -0.2) is 37.1 Å². The summed E-state index contributed by atoms with van der Waals surface area (Å²) in [5.74, 6) is 0.900. The standard InChI is InChI=1S/C15H21N3OS/c1-12-16-10-15(20-12)11-17-13-5-4-6-14(9-13)19-8-7-18(2)3/h4-6,9-10,17H,7-8,11H2,1-3H3. The molecule has 1 aromatic carbocycles. The fourth-order valence-corrected chi connectivity index (χ4v) is 2.45. The second-order valence-electron chi connectivity index (χ2n) is 4.88. The van der Waals surface area contributed by atoms with Gasteiger partial charge in [-0.15, -0.1) is 11.3 Å². The molecule has 1 heterocycles. The van der Waals surface area contributed by atoms with Gasteiger partial charge in [0.2, 0.25) is 0 Å². The van der Waals surface area contributed by atoms with E-state index in [9.17, 15) is 0 Å². The van der Waals surface area contributed by atoms with Gasteiger partial charge >= 0.3 is 0 Å². The second-order valence-corrected chi connectivity index (χ2v) is 6.20. The summed E-state index contributed by atoms with van der Waals surface area (Å²) in [6, 6.07) is 8.07. The Morgan fingerprint density at radius 1 is 1.35 bits per heavy atom. The Morgan fingerprint density at radius 3 is 2.90 bits per heavy atom. The van der Waals surface area contributed by atoms with Crippen molar-refractivity contribution >= 4 is 17.0 Å². The lowest BCUT2D eigenvalue weighted by Gasteiger charge is -2.12. The molecule has 2 aromatic rings. The molecule has 0 bridgehead atoms. The van der Waals surface area contributed by atoms with Gasteiger partial charge in [-0.1, -0.05) is 6.07 Å². The summed E-state index contributed by atoms with van der Waals surface area (Å²) in [6.07, 6.45) is 1.92. The summed E-state index contributed by atoms with van der Waals surface area (Å²) in [4.78, 5) is 7.60. The van der Waals surface area contributed by atoms with Crippen molar-refractivity contribution in [2.24, 2.45) is 0 Å². The molecule has 0 atom stereocenters. The molecule has 20 heavy (non-hydrogen) atoms. The predicted molar refractivity (Wildman–Crippen MR) is 84.7 cm³/mol. The maximum atomic E-state index is 5.72. The molecule has 0 aliphatic carbocycles. The van der Waals surface area contributed by atoms with E-state index in [0.717, 1.165) is 29.5 Å². The van der Waals surface area contributed by atoms with Gasteiger partial charge in [0.1, 0.15) is 12.4 Å². The SMILES string of the molecule is Cc1ncc(CNc2cccc(OCCN(C)C)c2)s1. The molecule has 1 N–H and O–H groups in total. The van der Waals surface area contributed by atoms with Crippen LogP contribution in [0, 0.1) is 6.92 Å². The van der Waals surface area contributed by atoms with E-state index in [1.54, 1.807) is 11.3 Å². The van der Waals surface area contributed by atoms with Crippen LogP contribution in [0.5, 0.6) is 5.75 Å². The summed E-state index contributed by atoms with van der Waals surface area (Å²) in [5.41, 5.74) is 1.07. The molecular formula is C15H21N3OS. The Kier molecular flexibility index (Phi) is 5.38. The largest absolute Gasteiger partial charge is 0.492 e. The van der Waals surface area contributed by atoms with E-state index in [1.165, 1.54) is 4.88 Å². The number of anilines is 1. The third kappa shape index (κ3) is 4.83. The third-order valence-electron chi connectivity index (χ3n) is 2.78. The maximum Gasteiger partial charge on any atom is 0.121 e. The molecule has 2 rings (SSSR count). The molecule has 0 aliphatic heterocycles. The summed E-state index contributed by atoms with van der Waals surface area (Å²) in [5, 5.41) is 4.49. The van der Waals surface area contributed by atoms with Crippen LogP contribution in [0.4, 0.5) is 5.69 Å². The zero-order chi connectivity index (χ0) is 14.4. The molecule has 0 spiro atoms. The first-order valence-electron chi connectivity index (χ1n) is 6.66. The number of aromatic nitrogens is 1. The second kappa shape index (κ2) is 7.26. The minimum Gasteiger partial charge on any atom is -0.492 e. The van der Waals surface area contributed by atoms with Crippen LogP contribution in [-0.2, 0) is 6.54 Å². The van der Waals surface area contributed by atoms with Gasteiger partial charge in [0.25, 0.3) is 0 Å². The molecule has 5 heteroatoms. The highest BCUT2D eigenvalue weighted by Crippen LogP contribution is 2.19. The Balaban J connectivity index is 1.85. The average molecular weight is 291 g/mol. The van der Waals surface area contributed by atoms with Crippen molar-refractivity contribution in [1.82, 2.24) is 9.88 Å². The van der Waals surface area contributed by atoms with Crippen molar-refractivity contribution in [1.29, 1.82) is 0 Å². The van der Waals surface area contributed by atoms with Gasteiger partial charge in [-0.25, -0.2) is 4.98 Å². The molecular weight excluding hydrogens is 270 g/mol. The summed E-state index contributed by atoms with van der Waals surface area (Å²) >= 11 is 1.72. The smallest absolute Gasteiger partial charge is 0.121 e. The van der Waals surface area contributed by atoms with Gasteiger partial charge < -0.3 is 15.0 Å². The molecule has 0 saturated carbocycles. The number of hydrogen-bond donors (Lipinski definition) is 1. The van der Waals surface area contributed by atoms with Crippen molar-refractivity contribution in [2.45, 2.75) is 13.5 Å². The molecule has 0 amide bonds. The van der Waals surface area contributed by atoms with Gasteiger partial charge in [0.15, 0.2) is 0 Å². The fourth-order valence-electron chi connectivity index (χ4n) is 1.72. The van der Waals surface area contributed by atoms with Crippen LogP contribution in [0.25, 0.3) is 0 Å². The lowest BCUT2D eigenvalue weighted by Crippen LogP contribution is -2.19. The van der Waals surface area contributed by atoms with Gasteiger partial charge in [0.05, 0.1) is 11.6 Å². The molecule has 0 fully saturated rings. The van der Waals surface area contributed by atoms with Crippen molar-refractivity contribution in [3.8, 4) is 5.75 Å². The summed E-state index contributed by atoms with van der Waals surface area (Å²) in [6.45, 7) is 4.43. The zero-order valence-corrected chi connectivity index (χ0v) is 13.0. The van der Waals surface area contributed by atoms with Crippen LogP contribution in [0.2, 0.25) is 0 Å². The molecule has 108 valence electrons. The first-order valence-corrected chi connectivity index (χ1v) is 7.48. The number of aryl methyl sites for hydroxylation is 1. The molecule has 0 radical (unpaired) electrons. The first-order chi connectivity index (χ1) is 9.63. The van der Waals surface area contributed by atoms with E-state index in [2.05, 4.69) is 15.2 Å². The predicted octanol–water partition coefficient (Wildman–Crippen LogP) is 3.00. The Bertz CT molecular complexity index is 539. The van der Waals surface area contributed by atoms with Crippen LogP contribution < -0.4 is 10.1 Å². The number of nitrogens with zero attached hydrogens (tertiary/aromatic N) is 2. The normalized spacial score (nSPS) is 10.8. The summed E-state index contributed by atoms with van der Waals surface area (Å²) in [7, 11) is 4.08. The number of likely N-dealkylation sites (N-methyl/N-ethyl adjacent to an activating group) is 1. The van der Waals surface area contributed by atoms with Crippen LogP contribution in [0.15, 0.2) is 30.5 Å². The first kappa shape index (κ1) is 14.8. The monoisotopic (exact) mass is 291 g/mol. The van der Waals surface area contributed by atoms with E-state index < -0.39 is 0 Å². The number of rotatable bonds is 7. The van der Waals surface area contributed by atoms with Crippen molar-refractivity contribution < 1.29 is 4.74 Å². The minimum atomic E-state index is 0.699. The van der Waals surface area contributed by atoms with Crippen LogP contribution in [0.1, 0.15) is 9.88 Å². The number of thiazole rings is 1. The van der Waals surface area contributed by atoms with Crippen molar-refractivity contribution in [2.75, 3.05) is 32.6 Å². The van der Waals surface area contributed by atoms with Gasteiger partial charge in [-0.2, -0.15) is 0 Å². The highest BCUT2D eigenvalue weighted by molar-refractivity contribution is 7.11. The Hall–Kier alpha value is -1.59. The van der Waals surface area contributed by atoms with Crippen molar-refractivity contribution in [3.63, 3.8) is 0 Å². The molecule has 0 aliphatic rings. The van der Waals surface area contributed by atoms with Gasteiger partial charge in [-0.3, -0.25) is 0 Å². The van der Waals surface area contributed by atoms with E-state index in [1.807, 2.05) is 51.5 Å². The Morgan fingerprint density at radius 2 is 2.20 bits per heavy atom. The fraction of sp³-hybridized carbons (Fsp3) is 0.400. The minimum absolute atomic E-state index is 0.699. The molecule has 0 saturated heterocycles. The topological polar surface area (TPSA) is 37.4 Å². The maximum absolute atomic E-state index is 5.72. The zero-order valence-electron chi connectivity index (χ0n) is 12.2. The average Bonchev–Trinajstić information content (AvgIpc) is 2.82. The van der Waals surface area contributed by atoms with E-state index in [0.29, 0.717) is 6.61 Å². The highest BCUT2D eigenvalue weighted by atomic mass is 32.1. The van der Waals surface area contributed by atoms with Crippen LogP contribution >= 0.6 is 11.3 Å². The lowest BCUT2D eigenvalue weighted by atomic mass is 10.3. The van der Waals surface area contributed by atoms with Crippen LogP contribution in [0.3, 0.4) is 0 Å². The van der Waals surface area contributed by atoms with E-state index in [4.69, 9.17) is 4.74 Å². The lowest BCUT2D eigenvalue weighted by molar-refractivity contribution is 0.261. The Labute approximate surface area is 124 Å². The molecule has 0 unspecified atom stereocenters. The molecule has 1 aromatic heterocycles. The number of benzene rings is 1. The number of ether oxygens (including phenoxy) is 1. The third-order valence-corrected chi connectivity index (χ3v) is 3.69. The molecule has 4 nitrogen and oxygen atoms in total. The highest BCUT2D eigenvalue weighted by Gasteiger charge is 2.00. The van der Waals surface area contributed by atoms with E-state index in [-0.39, 0.29) is 0 Å². The van der Waals surface area contributed by atoms with Gasteiger partial charge in [-0.05, 0) is 33.2 Å². The van der Waals surface area contributed by atoms with Gasteiger partial charge in [0, 0.05) is 29.4 Å². The quantitative estimate of drug-likeness (QED) is 0.851. The number of nitrogens with one attached hydrogen (secondary N) is 1.